The Morgan fingerprint density at radius 2 is 1.77 bits per heavy atom. The van der Waals surface area contributed by atoms with Crippen molar-refractivity contribution in [2.24, 2.45) is 0 Å². The van der Waals surface area contributed by atoms with E-state index in [-0.39, 0.29) is 23.7 Å². The van der Waals surface area contributed by atoms with E-state index in [0.717, 1.165) is 29.5 Å². The van der Waals surface area contributed by atoms with E-state index in [1.54, 1.807) is 17.0 Å². The average molecular weight is 414 g/mol. The van der Waals surface area contributed by atoms with Crippen molar-refractivity contribution in [2.45, 2.75) is 45.1 Å². The molecule has 0 saturated carbocycles. The Labute approximate surface area is 173 Å². The molecule has 0 aliphatic carbocycles. The lowest BCUT2D eigenvalue weighted by molar-refractivity contribution is 0.0681. The van der Waals surface area contributed by atoms with E-state index in [0.29, 0.717) is 24.6 Å². The van der Waals surface area contributed by atoms with Gasteiger partial charge in [0.05, 0.1) is 6.10 Å². The molecular weight excluding hydrogens is 390 g/mol. The zero-order chi connectivity index (χ0) is 21.3. The second kappa shape index (κ2) is 8.42. The average Bonchev–Trinajstić information content (AvgIpc) is 3.17. The summed E-state index contributed by atoms with van der Waals surface area (Å²) in [5.41, 5.74) is 3.17. The summed E-state index contributed by atoms with van der Waals surface area (Å²) >= 11 is 0. The summed E-state index contributed by atoms with van der Waals surface area (Å²) in [5.74, 6) is 0.821. The van der Waals surface area contributed by atoms with Crippen LogP contribution in [0.4, 0.5) is 13.6 Å². The number of hydrogen-bond acceptors (Lipinski definition) is 4. The van der Waals surface area contributed by atoms with E-state index in [4.69, 9.17) is 9.15 Å². The fourth-order valence-corrected chi connectivity index (χ4v) is 3.70. The summed E-state index contributed by atoms with van der Waals surface area (Å²) in [6, 6.07) is 11.9. The van der Waals surface area contributed by atoms with Gasteiger partial charge >= 0.3 is 6.09 Å². The lowest BCUT2D eigenvalue weighted by atomic mass is 9.97. The molecule has 1 amide bonds. The van der Waals surface area contributed by atoms with Crippen LogP contribution in [-0.2, 0) is 4.74 Å². The van der Waals surface area contributed by atoms with Crippen LogP contribution in [0.25, 0.3) is 22.2 Å². The van der Waals surface area contributed by atoms with Gasteiger partial charge in [0.15, 0.2) is 11.5 Å². The van der Waals surface area contributed by atoms with Crippen molar-refractivity contribution in [2.75, 3.05) is 13.1 Å². The van der Waals surface area contributed by atoms with E-state index < -0.39 is 6.43 Å². The summed E-state index contributed by atoms with van der Waals surface area (Å²) in [7, 11) is 0. The molecule has 30 heavy (non-hydrogen) atoms. The highest BCUT2D eigenvalue weighted by Crippen LogP contribution is 2.32. The van der Waals surface area contributed by atoms with Crippen LogP contribution in [0.3, 0.4) is 0 Å². The molecule has 1 aliphatic rings. The smallest absolute Gasteiger partial charge is 0.410 e. The number of oxazole rings is 1. The minimum absolute atomic E-state index is 0.00500. The predicted octanol–water partition coefficient (Wildman–Crippen LogP) is 6.16. The van der Waals surface area contributed by atoms with Gasteiger partial charge in [-0.25, -0.2) is 18.6 Å². The highest BCUT2D eigenvalue weighted by molar-refractivity contribution is 5.80. The molecule has 0 bridgehead atoms. The number of nitrogens with zero attached hydrogens (tertiary/aromatic N) is 2. The number of carbonyl (C=O) groups is 1. The van der Waals surface area contributed by atoms with Crippen LogP contribution in [-0.4, -0.2) is 35.2 Å². The number of benzene rings is 2. The van der Waals surface area contributed by atoms with E-state index >= 15 is 0 Å². The maximum atomic E-state index is 12.8. The molecule has 0 unspecified atom stereocenters. The van der Waals surface area contributed by atoms with Gasteiger partial charge in [-0.1, -0.05) is 30.3 Å². The Balaban J connectivity index is 1.47. The number of likely N-dealkylation sites (tertiary alicyclic amines) is 1. The number of rotatable bonds is 4. The molecule has 0 N–H and O–H groups in total. The first kappa shape index (κ1) is 20.3. The second-order valence-corrected chi connectivity index (χ2v) is 7.85. The SMILES string of the molecule is CC(C)OC(=O)N1CCC(c2nc3ccc(-c4ccc(C(F)F)cc4)cc3o2)CC1. The molecule has 2 aromatic carbocycles. The lowest BCUT2D eigenvalue weighted by Gasteiger charge is -2.30. The molecule has 2 heterocycles. The number of hydrogen-bond donors (Lipinski definition) is 0. The monoisotopic (exact) mass is 414 g/mol. The van der Waals surface area contributed by atoms with Gasteiger partial charge in [-0.2, -0.15) is 0 Å². The lowest BCUT2D eigenvalue weighted by Crippen LogP contribution is -2.39. The van der Waals surface area contributed by atoms with Gasteiger partial charge in [0.1, 0.15) is 5.52 Å². The van der Waals surface area contributed by atoms with Crippen molar-refractivity contribution in [3.63, 3.8) is 0 Å². The molecule has 3 aromatic rings. The van der Waals surface area contributed by atoms with Gasteiger partial charge < -0.3 is 14.1 Å². The quantitative estimate of drug-likeness (QED) is 0.513. The summed E-state index contributed by atoms with van der Waals surface area (Å²) in [6.45, 7) is 4.89. The first-order valence-corrected chi connectivity index (χ1v) is 10.1. The van der Waals surface area contributed by atoms with Crippen molar-refractivity contribution in [1.29, 1.82) is 0 Å². The van der Waals surface area contributed by atoms with Crippen LogP contribution in [0, 0.1) is 0 Å². The zero-order valence-electron chi connectivity index (χ0n) is 17.0. The van der Waals surface area contributed by atoms with Gasteiger partial charge in [-0.3, -0.25) is 0 Å². The number of carbonyl (C=O) groups excluding carboxylic acids is 1. The van der Waals surface area contributed by atoms with E-state index in [2.05, 4.69) is 4.98 Å². The topological polar surface area (TPSA) is 55.6 Å². The zero-order valence-corrected chi connectivity index (χ0v) is 17.0. The van der Waals surface area contributed by atoms with Crippen molar-refractivity contribution in [3.05, 3.63) is 53.9 Å². The molecule has 1 aliphatic heterocycles. The van der Waals surface area contributed by atoms with Crippen LogP contribution >= 0.6 is 0 Å². The number of ether oxygens (including phenoxy) is 1. The number of piperidine rings is 1. The maximum absolute atomic E-state index is 12.8. The Bertz CT molecular complexity index is 1020. The van der Waals surface area contributed by atoms with E-state index in [9.17, 15) is 13.6 Å². The Kier molecular flexibility index (Phi) is 5.70. The minimum atomic E-state index is -2.47. The third-order valence-electron chi connectivity index (χ3n) is 5.34. The fraction of sp³-hybridized carbons (Fsp3) is 0.391. The first-order valence-electron chi connectivity index (χ1n) is 10.1. The maximum Gasteiger partial charge on any atom is 0.410 e. The highest BCUT2D eigenvalue weighted by Gasteiger charge is 2.28. The summed E-state index contributed by atoms with van der Waals surface area (Å²) in [5, 5.41) is 0. The second-order valence-electron chi connectivity index (χ2n) is 7.85. The number of aromatic nitrogens is 1. The van der Waals surface area contributed by atoms with E-state index in [1.807, 2.05) is 32.0 Å². The largest absolute Gasteiger partial charge is 0.447 e. The van der Waals surface area contributed by atoms with E-state index in [1.165, 1.54) is 12.1 Å². The summed E-state index contributed by atoms with van der Waals surface area (Å²) in [6.07, 6.45) is -1.35. The third-order valence-corrected chi connectivity index (χ3v) is 5.34. The van der Waals surface area contributed by atoms with Gasteiger partial charge in [-0.15, -0.1) is 0 Å². The number of amides is 1. The Morgan fingerprint density at radius 1 is 1.10 bits per heavy atom. The first-order chi connectivity index (χ1) is 14.4. The number of halogens is 2. The molecule has 0 spiro atoms. The van der Waals surface area contributed by atoms with Gasteiger partial charge in [0.2, 0.25) is 0 Å². The van der Waals surface area contributed by atoms with Crippen molar-refractivity contribution in [1.82, 2.24) is 9.88 Å². The number of alkyl halides is 2. The summed E-state index contributed by atoms with van der Waals surface area (Å²) < 4.78 is 36.8. The fourth-order valence-electron chi connectivity index (χ4n) is 3.70. The van der Waals surface area contributed by atoms with Crippen LogP contribution in [0.1, 0.15) is 50.5 Å². The van der Waals surface area contributed by atoms with Crippen LogP contribution in [0.15, 0.2) is 46.9 Å². The van der Waals surface area contributed by atoms with Gasteiger partial charge in [0.25, 0.3) is 6.43 Å². The van der Waals surface area contributed by atoms with Crippen molar-refractivity contribution in [3.8, 4) is 11.1 Å². The summed E-state index contributed by atoms with van der Waals surface area (Å²) in [4.78, 5) is 18.4. The molecule has 1 saturated heterocycles. The molecule has 0 radical (unpaired) electrons. The Hall–Kier alpha value is -2.96. The standard InChI is InChI=1S/C23H24F2N2O3/c1-14(2)29-23(28)27-11-9-17(10-12-27)22-26-19-8-7-18(13-20(19)30-22)15-3-5-16(6-4-15)21(24)25/h3-8,13-14,17,21H,9-12H2,1-2H3. The molecule has 5 nitrogen and oxygen atoms in total. The molecule has 1 fully saturated rings. The van der Waals surface area contributed by atoms with Crippen molar-refractivity contribution < 1.29 is 22.7 Å². The highest BCUT2D eigenvalue weighted by atomic mass is 19.3. The Morgan fingerprint density at radius 3 is 2.40 bits per heavy atom. The molecule has 4 rings (SSSR count). The molecule has 0 atom stereocenters. The van der Waals surface area contributed by atoms with Gasteiger partial charge in [0, 0.05) is 24.6 Å². The van der Waals surface area contributed by atoms with Crippen LogP contribution in [0.2, 0.25) is 0 Å². The molecule has 158 valence electrons. The molecule has 7 heteroatoms. The molecule has 1 aromatic heterocycles. The minimum Gasteiger partial charge on any atom is -0.447 e. The van der Waals surface area contributed by atoms with Gasteiger partial charge in [-0.05, 0) is 49.9 Å². The van der Waals surface area contributed by atoms with Crippen LogP contribution in [0.5, 0.6) is 0 Å². The number of fused-ring (bicyclic) bond motifs is 1. The normalized spacial score (nSPS) is 15.3. The van der Waals surface area contributed by atoms with Crippen LogP contribution < -0.4 is 0 Å². The predicted molar refractivity (Wildman–Crippen MR) is 110 cm³/mol. The van der Waals surface area contributed by atoms with Crippen molar-refractivity contribution >= 4 is 17.2 Å². The molecular formula is C23H24F2N2O3. The third kappa shape index (κ3) is 4.30.